The zero-order valence-corrected chi connectivity index (χ0v) is 39.1. The van der Waals surface area contributed by atoms with E-state index < -0.39 is 0 Å². The van der Waals surface area contributed by atoms with Crippen LogP contribution in [0.1, 0.15) is 37.0 Å². The molecule has 9 aromatic heterocycles. The van der Waals surface area contributed by atoms with E-state index in [1.165, 1.54) is 20.9 Å². The molecule has 0 radical (unpaired) electrons. The summed E-state index contributed by atoms with van der Waals surface area (Å²) in [7, 11) is 1.63. The molecule has 0 unspecified atom stereocenters. The Morgan fingerprint density at radius 3 is 1.85 bits per heavy atom. The van der Waals surface area contributed by atoms with Crippen LogP contribution in [0.25, 0.3) is 93.9 Å². The lowest BCUT2D eigenvalue weighted by Crippen LogP contribution is -2.21. The second-order valence-electron chi connectivity index (χ2n) is 15.6. The third-order valence-electron chi connectivity index (χ3n) is 11.2. The van der Waals surface area contributed by atoms with Crippen molar-refractivity contribution in [2.24, 2.45) is 0 Å². The molecule has 0 atom stereocenters. The van der Waals surface area contributed by atoms with Gasteiger partial charge in [0.15, 0.2) is 10.9 Å². The molecular formula is C54H47N9O2S2. The maximum atomic E-state index is 5.46. The smallest absolute Gasteiger partial charge is 0.185 e. The highest BCUT2D eigenvalue weighted by molar-refractivity contribution is 7.16. The summed E-state index contributed by atoms with van der Waals surface area (Å²) in [5.41, 5.74) is 13.9. The molecule has 11 nitrogen and oxygen atoms in total. The summed E-state index contributed by atoms with van der Waals surface area (Å²) in [6.45, 7) is 12.7. The molecule has 0 aliphatic rings. The molecule has 0 aliphatic carbocycles. The molecule has 11 aromatic rings. The SMILES string of the molecule is C#Cc1cnc2[nH]cc(-c3csc(N(CC)CC)n3)c2c1.C=C(C)c1ccc(-c2c[nH]c3ncc(-c4ccccc4)cc23)s1.COCc1cc(-c2c[nH]c3ncc(-c4ccccc4)cc23)no1. The molecule has 0 bridgehead atoms. The van der Waals surface area contributed by atoms with E-state index in [0.717, 1.165) is 102 Å². The van der Waals surface area contributed by atoms with Gasteiger partial charge in [0.25, 0.3) is 0 Å². The van der Waals surface area contributed by atoms with Crippen LogP contribution in [0, 0.1) is 12.3 Å². The number of nitrogens with zero attached hydrogens (tertiary/aromatic N) is 6. The number of rotatable bonds is 11. The molecule has 0 spiro atoms. The van der Waals surface area contributed by atoms with Crippen LogP contribution in [0.3, 0.4) is 0 Å². The van der Waals surface area contributed by atoms with Gasteiger partial charge in [-0.15, -0.1) is 29.1 Å². The lowest BCUT2D eigenvalue weighted by atomic mass is 10.0. The number of thiophene rings is 1. The fraction of sp³-hybridized carbons (Fsp3) is 0.130. The van der Waals surface area contributed by atoms with Gasteiger partial charge in [0.1, 0.15) is 29.2 Å². The predicted octanol–water partition coefficient (Wildman–Crippen LogP) is 13.5. The van der Waals surface area contributed by atoms with Crippen molar-refractivity contribution in [1.82, 2.24) is 40.0 Å². The number of ether oxygens (including phenoxy) is 1. The van der Waals surface area contributed by atoms with E-state index in [4.69, 9.17) is 20.7 Å². The zero-order chi connectivity index (χ0) is 46.3. The number of anilines is 1. The first-order chi connectivity index (χ1) is 32.8. The van der Waals surface area contributed by atoms with Crippen molar-refractivity contribution >= 4 is 66.5 Å². The minimum absolute atomic E-state index is 0.406. The van der Waals surface area contributed by atoms with Gasteiger partial charge in [0.05, 0.1) is 5.69 Å². The fourth-order valence-corrected chi connectivity index (χ4v) is 9.60. The molecule has 332 valence electrons. The number of H-pyrrole nitrogens is 3. The Bertz CT molecular complexity index is 3470. The molecule has 0 saturated heterocycles. The number of hydrogen-bond acceptors (Lipinski definition) is 10. The second kappa shape index (κ2) is 20.1. The van der Waals surface area contributed by atoms with Gasteiger partial charge in [0.2, 0.25) is 0 Å². The van der Waals surface area contributed by atoms with E-state index in [1.54, 1.807) is 36.0 Å². The quantitative estimate of drug-likeness (QED) is 0.109. The normalized spacial score (nSPS) is 11.0. The molecule has 0 amide bonds. The highest BCUT2D eigenvalue weighted by Gasteiger charge is 2.16. The van der Waals surface area contributed by atoms with Crippen LogP contribution in [-0.4, -0.2) is 60.2 Å². The standard InChI is InChI=1S/C20H16N2S.C18H15N3O2.C16H16N4S/c1-13(2)18-8-9-19(23-18)17-12-22-20-16(17)10-15(11-21-20)14-6-4-3-5-7-14;1-22-11-14-8-17(21-23-14)16-10-20-18-15(16)7-13(9-19-18)12-5-3-2-4-6-12;1-4-11-7-12-13(9-18-15(12)17-8-11)14-10-21-16(19-14)20(5-2)6-3/h3-12H,1H2,2H3,(H,21,22);2-10H,11H2,1H3,(H,19,20);1,7-10H,5-6H2,2-3H3,(H,17,18). The molecule has 9 heterocycles. The number of fused-ring (bicyclic) bond motifs is 3. The van der Waals surface area contributed by atoms with Crippen LogP contribution >= 0.6 is 22.7 Å². The van der Waals surface area contributed by atoms with Gasteiger partial charge in [-0.05, 0) is 67.8 Å². The van der Waals surface area contributed by atoms with Gasteiger partial charge in [0, 0.05) is 128 Å². The van der Waals surface area contributed by atoms with Crippen molar-refractivity contribution in [3.63, 3.8) is 0 Å². The topological polar surface area (TPSA) is 137 Å². The Morgan fingerprint density at radius 1 is 0.716 bits per heavy atom. The Balaban J connectivity index is 0.000000126. The van der Waals surface area contributed by atoms with Gasteiger partial charge in [-0.3, -0.25) is 0 Å². The second-order valence-corrected chi connectivity index (χ2v) is 17.5. The predicted molar refractivity (Wildman–Crippen MR) is 276 cm³/mol. The molecule has 0 fully saturated rings. The maximum absolute atomic E-state index is 5.46. The molecule has 2 aromatic carbocycles. The first kappa shape index (κ1) is 44.3. The average Bonchev–Trinajstić information content (AvgIpc) is 4.24. The Hall–Kier alpha value is -7.89. The third-order valence-corrected chi connectivity index (χ3v) is 13.4. The monoisotopic (exact) mass is 917 g/mol. The van der Waals surface area contributed by atoms with E-state index >= 15 is 0 Å². The highest BCUT2D eigenvalue weighted by atomic mass is 32.1. The fourth-order valence-electron chi connectivity index (χ4n) is 7.68. The van der Waals surface area contributed by atoms with E-state index in [1.807, 2.05) is 74.3 Å². The Kier molecular flexibility index (Phi) is 13.3. The zero-order valence-electron chi connectivity index (χ0n) is 37.5. The minimum atomic E-state index is 0.406. The van der Waals surface area contributed by atoms with E-state index in [-0.39, 0.29) is 0 Å². The molecular weight excluding hydrogens is 871 g/mol. The molecule has 0 aliphatic heterocycles. The number of allylic oxidation sites excluding steroid dienone is 1. The first-order valence-electron chi connectivity index (χ1n) is 21.7. The van der Waals surface area contributed by atoms with Crippen LogP contribution in [0.4, 0.5) is 5.13 Å². The van der Waals surface area contributed by atoms with Gasteiger partial charge in [-0.2, -0.15) is 0 Å². The van der Waals surface area contributed by atoms with E-state index in [0.29, 0.717) is 12.4 Å². The molecule has 13 heteroatoms. The number of thiazole rings is 1. The number of aromatic amines is 3. The van der Waals surface area contributed by atoms with E-state index in [9.17, 15) is 0 Å². The number of methoxy groups -OCH3 is 1. The summed E-state index contributed by atoms with van der Waals surface area (Å²) >= 11 is 3.43. The summed E-state index contributed by atoms with van der Waals surface area (Å²) in [5, 5.41) is 10.4. The van der Waals surface area contributed by atoms with Crippen molar-refractivity contribution in [3.05, 3.63) is 162 Å². The molecule has 0 saturated carbocycles. The minimum Gasteiger partial charge on any atom is -0.377 e. The van der Waals surface area contributed by atoms with E-state index in [2.05, 4.69) is 132 Å². The van der Waals surface area contributed by atoms with Gasteiger partial charge < -0.3 is 29.1 Å². The van der Waals surface area contributed by atoms with Crippen LogP contribution in [0.5, 0.6) is 0 Å². The average molecular weight is 918 g/mol. The van der Waals surface area contributed by atoms with Crippen molar-refractivity contribution in [2.45, 2.75) is 27.4 Å². The number of terminal acetylenes is 1. The summed E-state index contributed by atoms with van der Waals surface area (Å²) in [4.78, 5) is 32.5. The van der Waals surface area contributed by atoms with Crippen molar-refractivity contribution < 1.29 is 9.26 Å². The summed E-state index contributed by atoms with van der Waals surface area (Å²) in [6, 6.07) is 33.0. The highest BCUT2D eigenvalue weighted by Crippen LogP contribution is 2.37. The Morgan fingerprint density at radius 2 is 1.28 bits per heavy atom. The van der Waals surface area contributed by atoms with Crippen LogP contribution in [0.15, 0.2) is 151 Å². The number of aromatic nitrogens is 8. The van der Waals surface area contributed by atoms with Crippen molar-refractivity contribution in [3.8, 4) is 67.6 Å². The molecule has 3 N–H and O–H groups in total. The van der Waals surface area contributed by atoms with Crippen LogP contribution < -0.4 is 4.90 Å². The summed E-state index contributed by atoms with van der Waals surface area (Å²) in [5.74, 6) is 3.33. The molecule has 11 rings (SSSR count). The van der Waals surface area contributed by atoms with Gasteiger partial charge in [-0.25, -0.2) is 19.9 Å². The summed E-state index contributed by atoms with van der Waals surface area (Å²) in [6.07, 6.45) is 16.8. The molecule has 67 heavy (non-hydrogen) atoms. The summed E-state index contributed by atoms with van der Waals surface area (Å²) < 4.78 is 10.4. The largest absolute Gasteiger partial charge is 0.377 e. The van der Waals surface area contributed by atoms with Crippen molar-refractivity contribution in [2.75, 3.05) is 25.1 Å². The number of nitrogens with one attached hydrogen (secondary N) is 3. The van der Waals surface area contributed by atoms with Gasteiger partial charge in [-0.1, -0.05) is 78.3 Å². The third kappa shape index (κ3) is 9.59. The lowest BCUT2D eigenvalue weighted by Gasteiger charge is -2.16. The van der Waals surface area contributed by atoms with Crippen LogP contribution in [0.2, 0.25) is 0 Å². The maximum Gasteiger partial charge on any atom is 0.185 e. The number of pyridine rings is 3. The van der Waals surface area contributed by atoms with Crippen molar-refractivity contribution in [1.29, 1.82) is 0 Å². The Labute approximate surface area is 396 Å². The first-order valence-corrected chi connectivity index (χ1v) is 23.4. The van der Waals surface area contributed by atoms with Crippen LogP contribution in [-0.2, 0) is 11.3 Å². The number of benzene rings is 2. The van der Waals surface area contributed by atoms with Gasteiger partial charge >= 0.3 is 0 Å². The lowest BCUT2D eigenvalue weighted by molar-refractivity contribution is 0.156. The number of hydrogen-bond donors (Lipinski definition) is 3.